The van der Waals surface area contributed by atoms with E-state index in [2.05, 4.69) is 21.7 Å². The Morgan fingerprint density at radius 3 is 2.61 bits per heavy atom. The first-order valence-corrected chi connectivity index (χ1v) is 13.8. The van der Waals surface area contributed by atoms with Crippen LogP contribution < -0.4 is 0 Å². The normalized spacial score (nSPS) is 17.7. The summed E-state index contributed by atoms with van der Waals surface area (Å²) in [6.45, 7) is 2.95. The lowest BCUT2D eigenvalue weighted by Crippen LogP contribution is -2.38. The number of thioether (sulfide) groups is 1. The van der Waals surface area contributed by atoms with E-state index in [1.165, 1.54) is 18.2 Å². The van der Waals surface area contributed by atoms with Gasteiger partial charge in [-0.1, -0.05) is 49.5 Å². The molecule has 10 heteroatoms. The van der Waals surface area contributed by atoms with Crippen LogP contribution in [0.5, 0.6) is 0 Å². The molecule has 2 aromatic rings. The van der Waals surface area contributed by atoms with Crippen LogP contribution in [0.4, 0.5) is 0 Å². The Kier molecular flexibility index (Phi) is 8.41. The summed E-state index contributed by atoms with van der Waals surface area (Å²) in [6.07, 6.45) is 4.97. The monoisotopic (exact) mass is 484 g/mol. The number of halogens is 1. The summed E-state index contributed by atoms with van der Waals surface area (Å²) < 4.78 is 25.5. The van der Waals surface area contributed by atoms with Gasteiger partial charge in [0.2, 0.25) is 5.91 Å². The molecule has 0 radical (unpaired) electrons. The Labute approximate surface area is 193 Å². The predicted octanol–water partition coefficient (Wildman–Crippen LogP) is 3.92. The van der Waals surface area contributed by atoms with Crippen molar-refractivity contribution >= 4 is 39.1 Å². The largest absolute Gasteiger partial charge is 0.341 e. The molecule has 1 aromatic carbocycles. The number of benzene rings is 1. The first kappa shape index (κ1) is 24.1. The maximum atomic E-state index is 12.7. The third kappa shape index (κ3) is 6.46. The van der Waals surface area contributed by atoms with Gasteiger partial charge in [0, 0.05) is 30.2 Å². The van der Waals surface area contributed by atoms with E-state index in [9.17, 15) is 13.2 Å². The molecule has 1 aromatic heterocycles. The molecule has 1 fully saturated rings. The van der Waals surface area contributed by atoms with Crippen LogP contribution >= 0.6 is 23.4 Å². The van der Waals surface area contributed by atoms with Crippen LogP contribution in [0.2, 0.25) is 5.02 Å². The highest BCUT2D eigenvalue weighted by Gasteiger charge is 2.32. The highest BCUT2D eigenvalue weighted by molar-refractivity contribution is 7.99. The summed E-state index contributed by atoms with van der Waals surface area (Å²) in [5.74, 6) is 1.06. The zero-order valence-corrected chi connectivity index (χ0v) is 20.3. The van der Waals surface area contributed by atoms with Crippen molar-refractivity contribution in [1.29, 1.82) is 0 Å². The number of hydrogen-bond acceptors (Lipinski definition) is 6. The first-order chi connectivity index (χ1) is 14.8. The van der Waals surface area contributed by atoms with Crippen LogP contribution in [-0.2, 0) is 21.2 Å². The van der Waals surface area contributed by atoms with Gasteiger partial charge in [0.15, 0.2) is 20.8 Å². The van der Waals surface area contributed by atoms with Gasteiger partial charge in [-0.05, 0) is 37.1 Å². The van der Waals surface area contributed by atoms with Gasteiger partial charge in [-0.15, -0.1) is 10.2 Å². The van der Waals surface area contributed by atoms with Gasteiger partial charge < -0.3 is 9.47 Å². The second-order valence-corrected chi connectivity index (χ2v) is 11.5. The van der Waals surface area contributed by atoms with E-state index in [0.717, 1.165) is 37.2 Å². The van der Waals surface area contributed by atoms with Crippen molar-refractivity contribution in [2.24, 2.45) is 0 Å². The van der Waals surface area contributed by atoms with Crippen LogP contribution in [0.1, 0.15) is 39.0 Å². The van der Waals surface area contributed by atoms with Crippen molar-refractivity contribution < 1.29 is 13.2 Å². The summed E-state index contributed by atoms with van der Waals surface area (Å²) in [4.78, 5) is 14.2. The molecule has 0 N–H and O–H groups in total. The van der Waals surface area contributed by atoms with Gasteiger partial charge in [-0.25, -0.2) is 8.42 Å². The quantitative estimate of drug-likeness (QED) is 0.375. The van der Waals surface area contributed by atoms with E-state index in [-0.39, 0.29) is 29.2 Å². The fourth-order valence-corrected chi connectivity index (χ4v) is 6.41. The van der Waals surface area contributed by atoms with Gasteiger partial charge in [0.1, 0.15) is 0 Å². The lowest BCUT2D eigenvalue weighted by molar-refractivity contribution is -0.128. The molecule has 170 valence electrons. The maximum absolute atomic E-state index is 12.7. The SMILES string of the molecule is CCCCCCn1c(SCC(=O)N(C)C2CCS(=O)(=O)C2)nnc1-c1ccc(Cl)cc1. The van der Waals surface area contributed by atoms with Crippen LogP contribution in [0.15, 0.2) is 29.4 Å². The molecule has 3 rings (SSSR count). The Morgan fingerprint density at radius 2 is 1.97 bits per heavy atom. The fourth-order valence-electron chi connectivity index (χ4n) is 3.62. The van der Waals surface area contributed by atoms with E-state index >= 15 is 0 Å². The Balaban J connectivity index is 1.70. The fraction of sp³-hybridized carbons (Fsp3) is 0.571. The minimum absolute atomic E-state index is 0.0498. The van der Waals surface area contributed by atoms with Crippen LogP contribution in [0, 0.1) is 0 Å². The van der Waals surface area contributed by atoms with Crippen molar-refractivity contribution in [1.82, 2.24) is 19.7 Å². The lowest BCUT2D eigenvalue weighted by atomic mass is 10.2. The van der Waals surface area contributed by atoms with Crippen molar-refractivity contribution in [2.75, 3.05) is 24.3 Å². The van der Waals surface area contributed by atoms with Crippen LogP contribution in [0.25, 0.3) is 11.4 Å². The second-order valence-electron chi connectivity index (χ2n) is 7.88. The summed E-state index contributed by atoms with van der Waals surface area (Å²) in [6, 6.07) is 7.25. The number of carbonyl (C=O) groups is 1. The van der Waals surface area contributed by atoms with Crippen molar-refractivity contribution in [3.63, 3.8) is 0 Å². The van der Waals surface area contributed by atoms with E-state index in [1.54, 1.807) is 11.9 Å². The van der Waals surface area contributed by atoms with Crippen molar-refractivity contribution in [3.8, 4) is 11.4 Å². The van der Waals surface area contributed by atoms with Crippen LogP contribution in [0.3, 0.4) is 0 Å². The number of rotatable bonds is 10. The van der Waals surface area contributed by atoms with Crippen molar-refractivity contribution in [2.45, 2.75) is 56.8 Å². The van der Waals surface area contributed by atoms with Gasteiger partial charge >= 0.3 is 0 Å². The number of unbranched alkanes of at least 4 members (excludes halogenated alkanes) is 3. The maximum Gasteiger partial charge on any atom is 0.233 e. The van der Waals surface area contributed by atoms with Crippen LogP contribution in [-0.4, -0.2) is 64.3 Å². The van der Waals surface area contributed by atoms with E-state index in [0.29, 0.717) is 16.6 Å². The molecular weight excluding hydrogens is 456 g/mol. The van der Waals surface area contributed by atoms with Gasteiger partial charge in [-0.3, -0.25) is 4.79 Å². The molecule has 2 heterocycles. The van der Waals surface area contributed by atoms with Crippen molar-refractivity contribution in [3.05, 3.63) is 29.3 Å². The number of aromatic nitrogens is 3. The number of amides is 1. The minimum atomic E-state index is -3.03. The molecule has 1 aliphatic rings. The molecule has 1 unspecified atom stereocenters. The van der Waals surface area contributed by atoms with Gasteiger partial charge in [-0.2, -0.15) is 0 Å². The average molecular weight is 485 g/mol. The molecule has 0 bridgehead atoms. The average Bonchev–Trinajstić information content (AvgIpc) is 3.32. The van der Waals surface area contributed by atoms with E-state index in [4.69, 9.17) is 11.6 Å². The highest BCUT2D eigenvalue weighted by Crippen LogP contribution is 2.26. The van der Waals surface area contributed by atoms with E-state index in [1.807, 2.05) is 24.3 Å². The number of nitrogens with zero attached hydrogens (tertiary/aromatic N) is 4. The standard InChI is InChI=1S/C21H29ClN4O3S2/c1-3-4-5-6-12-26-20(16-7-9-17(22)10-8-16)23-24-21(26)30-14-19(27)25(2)18-11-13-31(28,29)15-18/h7-10,18H,3-6,11-15H2,1-2H3. The second kappa shape index (κ2) is 10.8. The summed E-state index contributed by atoms with van der Waals surface area (Å²) in [7, 11) is -1.35. The number of sulfone groups is 1. The third-order valence-corrected chi connectivity index (χ3v) is 8.48. The molecule has 1 aliphatic heterocycles. The Hall–Kier alpha value is -1.58. The Bertz CT molecular complexity index is 993. The number of hydrogen-bond donors (Lipinski definition) is 0. The lowest BCUT2D eigenvalue weighted by Gasteiger charge is -2.23. The molecule has 31 heavy (non-hydrogen) atoms. The molecule has 7 nitrogen and oxygen atoms in total. The van der Waals surface area contributed by atoms with Gasteiger partial charge in [0.05, 0.1) is 17.3 Å². The molecule has 0 saturated carbocycles. The molecule has 0 aliphatic carbocycles. The van der Waals surface area contributed by atoms with Gasteiger partial charge in [0.25, 0.3) is 0 Å². The predicted molar refractivity (Wildman–Crippen MR) is 125 cm³/mol. The zero-order chi connectivity index (χ0) is 22.4. The molecule has 0 spiro atoms. The molecule has 1 amide bonds. The smallest absolute Gasteiger partial charge is 0.233 e. The number of carbonyl (C=O) groups excluding carboxylic acids is 1. The zero-order valence-electron chi connectivity index (χ0n) is 18.0. The first-order valence-electron chi connectivity index (χ1n) is 10.6. The van der Waals surface area contributed by atoms with E-state index < -0.39 is 9.84 Å². The summed E-state index contributed by atoms with van der Waals surface area (Å²) in [5, 5.41) is 10.1. The minimum Gasteiger partial charge on any atom is -0.341 e. The topological polar surface area (TPSA) is 85.2 Å². The summed E-state index contributed by atoms with van der Waals surface area (Å²) in [5.41, 5.74) is 0.929. The Morgan fingerprint density at radius 1 is 1.23 bits per heavy atom. The third-order valence-electron chi connectivity index (χ3n) is 5.53. The highest BCUT2D eigenvalue weighted by atomic mass is 35.5. The molecular formula is C21H29ClN4O3S2. The summed E-state index contributed by atoms with van der Waals surface area (Å²) >= 11 is 7.37. The molecule has 1 saturated heterocycles. The molecule has 1 atom stereocenters.